The van der Waals surface area contributed by atoms with E-state index < -0.39 is 17.5 Å². The maximum Gasteiger partial charge on any atom is 0.255 e. The van der Waals surface area contributed by atoms with Crippen LogP contribution in [-0.2, 0) is 0 Å². The van der Waals surface area contributed by atoms with Gasteiger partial charge in [0.25, 0.3) is 5.91 Å². The van der Waals surface area contributed by atoms with Crippen molar-refractivity contribution in [3.63, 3.8) is 0 Å². The molecule has 1 N–H and O–H groups in total. The minimum absolute atomic E-state index is 0.0907. The van der Waals surface area contributed by atoms with Crippen molar-refractivity contribution in [2.24, 2.45) is 0 Å². The number of hydrogen-bond acceptors (Lipinski definition) is 2. The summed E-state index contributed by atoms with van der Waals surface area (Å²) in [6, 6.07) is 8.56. The number of rotatable bonds is 3. The van der Waals surface area contributed by atoms with E-state index in [9.17, 15) is 18.4 Å². The average Bonchev–Trinajstić information content (AvgIpc) is 2.41. The summed E-state index contributed by atoms with van der Waals surface area (Å²) >= 11 is 0. The summed E-state index contributed by atoms with van der Waals surface area (Å²) in [6.45, 7) is 1.35. The summed E-state index contributed by atoms with van der Waals surface area (Å²) < 4.78 is 26.3. The predicted octanol–water partition coefficient (Wildman–Crippen LogP) is 3.42. The molecule has 2 aromatic rings. The summed E-state index contributed by atoms with van der Waals surface area (Å²) in [4.78, 5) is 23.1. The van der Waals surface area contributed by atoms with Crippen molar-refractivity contribution in [3.05, 3.63) is 65.2 Å². The van der Waals surface area contributed by atoms with E-state index >= 15 is 0 Å². The molecule has 0 aromatic heterocycles. The summed E-state index contributed by atoms with van der Waals surface area (Å²) in [5, 5.41) is 2.35. The van der Waals surface area contributed by atoms with Gasteiger partial charge in [0.1, 0.15) is 11.6 Å². The quantitative estimate of drug-likeness (QED) is 0.872. The van der Waals surface area contributed by atoms with Crippen LogP contribution in [0.15, 0.2) is 42.5 Å². The highest BCUT2D eigenvalue weighted by Gasteiger charge is 2.11. The van der Waals surface area contributed by atoms with Crippen molar-refractivity contribution in [3.8, 4) is 0 Å². The molecule has 0 aliphatic heterocycles. The third-order valence-corrected chi connectivity index (χ3v) is 2.73. The minimum Gasteiger partial charge on any atom is -0.319 e. The number of anilines is 1. The van der Waals surface area contributed by atoms with Crippen LogP contribution in [0.2, 0.25) is 0 Å². The largest absolute Gasteiger partial charge is 0.319 e. The monoisotopic (exact) mass is 275 g/mol. The third-order valence-electron chi connectivity index (χ3n) is 2.73. The molecule has 0 spiro atoms. The lowest BCUT2D eigenvalue weighted by molar-refractivity contribution is 0.101. The Morgan fingerprint density at radius 3 is 2.15 bits per heavy atom. The van der Waals surface area contributed by atoms with Gasteiger partial charge in [-0.1, -0.05) is 0 Å². The number of benzene rings is 2. The molecule has 2 rings (SSSR count). The summed E-state index contributed by atoms with van der Waals surface area (Å²) in [7, 11) is 0. The van der Waals surface area contributed by atoms with E-state index in [4.69, 9.17) is 0 Å². The SMILES string of the molecule is CC(=O)c1ccc(F)c(NC(=O)c2ccc(F)cc2)c1. The van der Waals surface area contributed by atoms with E-state index in [2.05, 4.69) is 5.32 Å². The summed E-state index contributed by atoms with van der Waals surface area (Å²) in [5.41, 5.74) is 0.395. The van der Waals surface area contributed by atoms with Crippen LogP contribution in [0.3, 0.4) is 0 Å². The molecule has 0 fully saturated rings. The molecule has 1 amide bonds. The molecule has 5 heteroatoms. The van der Waals surface area contributed by atoms with Crippen LogP contribution in [0.1, 0.15) is 27.6 Å². The standard InChI is InChI=1S/C15H11F2NO2/c1-9(19)11-4-7-13(17)14(8-11)18-15(20)10-2-5-12(16)6-3-10/h2-8H,1H3,(H,18,20). The number of carbonyl (C=O) groups excluding carboxylic acids is 2. The Hall–Kier alpha value is -2.56. The van der Waals surface area contributed by atoms with Crippen LogP contribution >= 0.6 is 0 Å². The van der Waals surface area contributed by atoms with Gasteiger partial charge in [0, 0.05) is 11.1 Å². The number of hydrogen-bond donors (Lipinski definition) is 1. The van der Waals surface area contributed by atoms with Crippen LogP contribution in [-0.4, -0.2) is 11.7 Å². The van der Waals surface area contributed by atoms with Crippen molar-refractivity contribution < 1.29 is 18.4 Å². The van der Waals surface area contributed by atoms with Gasteiger partial charge in [-0.25, -0.2) is 8.78 Å². The molecule has 0 atom stereocenters. The fourth-order valence-corrected chi connectivity index (χ4v) is 1.64. The molecule has 0 aliphatic rings. The van der Waals surface area contributed by atoms with Crippen LogP contribution in [0, 0.1) is 11.6 Å². The molecule has 0 unspecified atom stereocenters. The van der Waals surface area contributed by atoms with E-state index in [1.54, 1.807) is 0 Å². The number of halogens is 2. The van der Waals surface area contributed by atoms with E-state index in [1.807, 2.05) is 0 Å². The zero-order valence-corrected chi connectivity index (χ0v) is 10.6. The van der Waals surface area contributed by atoms with Crippen molar-refractivity contribution in [2.75, 3.05) is 5.32 Å². The van der Waals surface area contributed by atoms with E-state index in [0.717, 1.165) is 18.2 Å². The highest BCUT2D eigenvalue weighted by Crippen LogP contribution is 2.17. The molecule has 0 heterocycles. The molecule has 0 aliphatic carbocycles. The Morgan fingerprint density at radius 1 is 0.950 bits per heavy atom. The van der Waals surface area contributed by atoms with Crippen molar-refractivity contribution in [2.45, 2.75) is 6.92 Å². The highest BCUT2D eigenvalue weighted by molar-refractivity contribution is 6.05. The first-order chi connectivity index (χ1) is 9.47. The van der Waals surface area contributed by atoms with Crippen LogP contribution in [0.5, 0.6) is 0 Å². The second kappa shape index (κ2) is 5.61. The van der Waals surface area contributed by atoms with Gasteiger partial charge in [0.2, 0.25) is 0 Å². The molecule has 0 saturated heterocycles. The molecule has 0 radical (unpaired) electrons. The van der Waals surface area contributed by atoms with Crippen molar-refractivity contribution >= 4 is 17.4 Å². The van der Waals surface area contributed by atoms with Gasteiger partial charge in [-0.15, -0.1) is 0 Å². The molecular formula is C15H11F2NO2. The van der Waals surface area contributed by atoms with Gasteiger partial charge in [0.05, 0.1) is 5.69 Å². The van der Waals surface area contributed by atoms with Crippen LogP contribution < -0.4 is 5.32 Å². The van der Waals surface area contributed by atoms with Gasteiger partial charge < -0.3 is 5.32 Å². The molecule has 2 aromatic carbocycles. The average molecular weight is 275 g/mol. The van der Waals surface area contributed by atoms with Crippen LogP contribution in [0.4, 0.5) is 14.5 Å². The number of ketones is 1. The number of nitrogens with one attached hydrogen (secondary N) is 1. The van der Waals surface area contributed by atoms with E-state index in [-0.39, 0.29) is 17.0 Å². The Balaban J connectivity index is 2.25. The Kier molecular flexibility index (Phi) is 3.89. The molecule has 0 bridgehead atoms. The molecular weight excluding hydrogens is 264 g/mol. The first-order valence-electron chi connectivity index (χ1n) is 5.85. The highest BCUT2D eigenvalue weighted by atomic mass is 19.1. The second-order valence-corrected chi connectivity index (χ2v) is 4.21. The maximum absolute atomic E-state index is 13.6. The van der Waals surface area contributed by atoms with Gasteiger partial charge in [-0.2, -0.15) is 0 Å². The smallest absolute Gasteiger partial charge is 0.255 e. The molecule has 102 valence electrons. The molecule has 0 saturated carbocycles. The fraction of sp³-hybridized carbons (Fsp3) is 0.0667. The zero-order valence-electron chi connectivity index (χ0n) is 10.6. The number of Topliss-reactive ketones (excluding diaryl/α,β-unsaturated/α-hetero) is 1. The zero-order chi connectivity index (χ0) is 14.7. The van der Waals surface area contributed by atoms with Crippen LogP contribution in [0.25, 0.3) is 0 Å². The van der Waals surface area contributed by atoms with Gasteiger partial charge >= 0.3 is 0 Å². The number of carbonyl (C=O) groups is 2. The molecule has 20 heavy (non-hydrogen) atoms. The Morgan fingerprint density at radius 2 is 1.55 bits per heavy atom. The first-order valence-corrected chi connectivity index (χ1v) is 5.85. The normalized spacial score (nSPS) is 10.2. The van der Waals surface area contributed by atoms with Crippen molar-refractivity contribution in [1.82, 2.24) is 0 Å². The fourth-order valence-electron chi connectivity index (χ4n) is 1.64. The Bertz CT molecular complexity index is 666. The van der Waals surface area contributed by atoms with Gasteiger partial charge in [0.15, 0.2) is 5.78 Å². The Labute approximate surface area is 114 Å². The third kappa shape index (κ3) is 3.06. The lowest BCUT2D eigenvalue weighted by Gasteiger charge is -2.07. The lowest BCUT2D eigenvalue weighted by Crippen LogP contribution is -2.13. The number of amides is 1. The van der Waals surface area contributed by atoms with E-state index in [0.29, 0.717) is 5.56 Å². The molecule has 3 nitrogen and oxygen atoms in total. The van der Waals surface area contributed by atoms with Gasteiger partial charge in [-0.05, 0) is 49.4 Å². The summed E-state index contributed by atoms with van der Waals surface area (Å²) in [5.74, 6) is -1.93. The predicted molar refractivity (Wildman–Crippen MR) is 70.8 cm³/mol. The summed E-state index contributed by atoms with van der Waals surface area (Å²) in [6.07, 6.45) is 0. The first kappa shape index (κ1) is 13.9. The second-order valence-electron chi connectivity index (χ2n) is 4.21. The lowest BCUT2D eigenvalue weighted by atomic mass is 10.1. The van der Waals surface area contributed by atoms with Gasteiger partial charge in [-0.3, -0.25) is 9.59 Å². The van der Waals surface area contributed by atoms with E-state index in [1.165, 1.54) is 31.2 Å². The topological polar surface area (TPSA) is 46.2 Å². The van der Waals surface area contributed by atoms with Crippen molar-refractivity contribution in [1.29, 1.82) is 0 Å². The minimum atomic E-state index is -0.648. The maximum atomic E-state index is 13.6.